The van der Waals surface area contributed by atoms with Gasteiger partial charge in [-0.3, -0.25) is 4.79 Å². The highest BCUT2D eigenvalue weighted by Gasteiger charge is 2.27. The summed E-state index contributed by atoms with van der Waals surface area (Å²) in [4.78, 5) is 30.9. The molecule has 1 fully saturated rings. The van der Waals surface area contributed by atoms with E-state index in [-0.39, 0.29) is 23.6 Å². The van der Waals surface area contributed by atoms with Crippen LogP contribution in [0.2, 0.25) is 0 Å². The van der Waals surface area contributed by atoms with E-state index in [9.17, 15) is 9.18 Å². The van der Waals surface area contributed by atoms with Crippen LogP contribution in [0.25, 0.3) is 0 Å². The third kappa shape index (κ3) is 3.81. The highest BCUT2D eigenvalue weighted by Crippen LogP contribution is 2.26. The monoisotopic (exact) mass is 373 g/mol. The lowest BCUT2D eigenvalue weighted by Gasteiger charge is -2.21. The number of aryl methyl sites for hydroxylation is 3. The Morgan fingerprint density at radius 1 is 1.11 bits per heavy atom. The van der Waals surface area contributed by atoms with Crippen LogP contribution < -0.4 is 15.5 Å². The third-order valence-corrected chi connectivity index (χ3v) is 4.75. The molecule has 8 nitrogen and oxygen atoms in total. The Labute approximate surface area is 157 Å². The van der Waals surface area contributed by atoms with Gasteiger partial charge in [0.25, 0.3) is 5.91 Å². The standard InChI is InChI=1S/C18H24FN7O/c1-9-10(2)22-16(18(27)20-5)25-17(9)26-7-6-13(8-26)24-15-14(19)11(3)21-12(4)23-15/h13H,6-8H2,1-5H3,(H,20,27)(H,21,23,24)/t13-/m1/s1. The van der Waals surface area contributed by atoms with Crippen LogP contribution in [0.15, 0.2) is 0 Å². The summed E-state index contributed by atoms with van der Waals surface area (Å²) in [7, 11) is 1.55. The van der Waals surface area contributed by atoms with Crippen molar-refractivity contribution in [2.24, 2.45) is 0 Å². The van der Waals surface area contributed by atoms with E-state index in [1.807, 2.05) is 13.8 Å². The fraction of sp³-hybridized carbons (Fsp3) is 0.500. The molecule has 0 aromatic carbocycles. The molecule has 27 heavy (non-hydrogen) atoms. The average molecular weight is 373 g/mol. The molecule has 9 heteroatoms. The maximum atomic E-state index is 14.3. The maximum Gasteiger partial charge on any atom is 0.288 e. The SMILES string of the molecule is CNC(=O)c1nc(C)c(C)c(N2CC[C@@H](Nc3nc(C)nc(C)c3F)C2)n1. The van der Waals surface area contributed by atoms with Crippen molar-refractivity contribution < 1.29 is 9.18 Å². The van der Waals surface area contributed by atoms with Crippen molar-refractivity contribution in [2.75, 3.05) is 30.4 Å². The van der Waals surface area contributed by atoms with Crippen LogP contribution in [0.4, 0.5) is 16.0 Å². The van der Waals surface area contributed by atoms with Crippen LogP contribution in [0.1, 0.15) is 39.8 Å². The predicted molar refractivity (Wildman–Crippen MR) is 101 cm³/mol. The number of carbonyl (C=O) groups excluding carboxylic acids is 1. The van der Waals surface area contributed by atoms with Gasteiger partial charge in [-0.2, -0.15) is 0 Å². The van der Waals surface area contributed by atoms with Crippen LogP contribution in [0, 0.1) is 33.5 Å². The summed E-state index contributed by atoms with van der Waals surface area (Å²) in [5.74, 6) is 0.912. The summed E-state index contributed by atoms with van der Waals surface area (Å²) < 4.78 is 14.3. The fourth-order valence-corrected chi connectivity index (χ4v) is 3.19. The molecular formula is C18H24FN7O. The third-order valence-electron chi connectivity index (χ3n) is 4.75. The van der Waals surface area contributed by atoms with Crippen molar-refractivity contribution in [3.63, 3.8) is 0 Å². The van der Waals surface area contributed by atoms with E-state index in [4.69, 9.17) is 0 Å². The lowest BCUT2D eigenvalue weighted by Crippen LogP contribution is -2.29. The zero-order valence-electron chi connectivity index (χ0n) is 16.2. The number of nitrogens with zero attached hydrogens (tertiary/aromatic N) is 5. The van der Waals surface area contributed by atoms with E-state index in [1.54, 1.807) is 20.9 Å². The van der Waals surface area contributed by atoms with Gasteiger partial charge in [-0.05, 0) is 34.1 Å². The number of hydrogen-bond acceptors (Lipinski definition) is 7. The molecule has 1 aliphatic rings. The van der Waals surface area contributed by atoms with E-state index in [0.717, 1.165) is 30.0 Å². The van der Waals surface area contributed by atoms with Crippen molar-refractivity contribution >= 4 is 17.5 Å². The van der Waals surface area contributed by atoms with Crippen molar-refractivity contribution in [2.45, 2.75) is 40.2 Å². The molecule has 1 saturated heterocycles. The van der Waals surface area contributed by atoms with Crippen LogP contribution in [-0.2, 0) is 0 Å². The molecule has 0 aliphatic carbocycles. The minimum atomic E-state index is -0.421. The van der Waals surface area contributed by atoms with Gasteiger partial charge in [-0.25, -0.2) is 24.3 Å². The molecular weight excluding hydrogens is 349 g/mol. The second-order valence-electron chi connectivity index (χ2n) is 6.76. The van der Waals surface area contributed by atoms with Crippen molar-refractivity contribution in [3.05, 3.63) is 34.4 Å². The highest BCUT2D eigenvalue weighted by atomic mass is 19.1. The molecule has 3 heterocycles. The van der Waals surface area contributed by atoms with E-state index in [0.29, 0.717) is 18.1 Å². The molecule has 0 spiro atoms. The Balaban J connectivity index is 1.80. The van der Waals surface area contributed by atoms with Gasteiger partial charge >= 0.3 is 0 Å². The number of hydrogen-bond donors (Lipinski definition) is 2. The van der Waals surface area contributed by atoms with Gasteiger partial charge in [-0.15, -0.1) is 0 Å². The topological polar surface area (TPSA) is 95.9 Å². The number of amides is 1. The van der Waals surface area contributed by atoms with E-state index < -0.39 is 5.82 Å². The molecule has 1 aliphatic heterocycles. The minimum absolute atomic E-state index is 0.0197. The Bertz CT molecular complexity index is 886. The summed E-state index contributed by atoms with van der Waals surface area (Å²) in [6.07, 6.45) is 0.805. The summed E-state index contributed by atoms with van der Waals surface area (Å²) >= 11 is 0. The first-order chi connectivity index (χ1) is 12.8. The summed E-state index contributed by atoms with van der Waals surface area (Å²) in [5, 5.41) is 5.74. The van der Waals surface area contributed by atoms with Gasteiger partial charge in [0.1, 0.15) is 11.6 Å². The maximum absolute atomic E-state index is 14.3. The second-order valence-corrected chi connectivity index (χ2v) is 6.76. The van der Waals surface area contributed by atoms with Gasteiger partial charge in [0.05, 0.1) is 5.69 Å². The number of halogens is 1. The van der Waals surface area contributed by atoms with Crippen molar-refractivity contribution in [1.29, 1.82) is 0 Å². The first-order valence-electron chi connectivity index (χ1n) is 8.89. The molecule has 0 bridgehead atoms. The Morgan fingerprint density at radius 2 is 1.85 bits per heavy atom. The first kappa shape index (κ1) is 18.9. The van der Waals surface area contributed by atoms with Gasteiger partial charge in [-0.1, -0.05) is 0 Å². The smallest absolute Gasteiger partial charge is 0.288 e. The normalized spacial score (nSPS) is 16.5. The molecule has 0 radical (unpaired) electrons. The zero-order chi connectivity index (χ0) is 19.7. The molecule has 0 saturated carbocycles. The Kier molecular flexibility index (Phi) is 5.20. The van der Waals surface area contributed by atoms with Gasteiger partial charge in [0.2, 0.25) is 5.82 Å². The number of aromatic nitrogens is 4. The quantitative estimate of drug-likeness (QED) is 0.842. The summed E-state index contributed by atoms with van der Waals surface area (Å²) in [6, 6.07) is 0.0197. The molecule has 2 N–H and O–H groups in total. The zero-order valence-corrected chi connectivity index (χ0v) is 16.2. The molecule has 2 aromatic rings. The second kappa shape index (κ2) is 7.42. The summed E-state index contributed by atoms with van der Waals surface area (Å²) in [5.41, 5.74) is 2.03. The molecule has 2 aromatic heterocycles. The molecule has 144 valence electrons. The fourth-order valence-electron chi connectivity index (χ4n) is 3.19. The molecule has 3 rings (SSSR count). The number of carbonyl (C=O) groups is 1. The minimum Gasteiger partial charge on any atom is -0.363 e. The van der Waals surface area contributed by atoms with Crippen LogP contribution in [0.5, 0.6) is 0 Å². The van der Waals surface area contributed by atoms with E-state index in [1.165, 1.54) is 0 Å². The van der Waals surface area contributed by atoms with E-state index in [2.05, 4.69) is 35.5 Å². The van der Waals surface area contributed by atoms with Crippen molar-refractivity contribution in [3.8, 4) is 0 Å². The first-order valence-corrected chi connectivity index (χ1v) is 8.89. The predicted octanol–water partition coefficient (Wildman–Crippen LogP) is 1.69. The average Bonchev–Trinajstić information content (AvgIpc) is 3.09. The van der Waals surface area contributed by atoms with Crippen molar-refractivity contribution in [1.82, 2.24) is 25.3 Å². The largest absolute Gasteiger partial charge is 0.363 e. The molecule has 1 atom stereocenters. The number of anilines is 2. The lowest BCUT2D eigenvalue weighted by molar-refractivity contribution is 0.0952. The Hall–Kier alpha value is -2.84. The highest BCUT2D eigenvalue weighted by molar-refractivity contribution is 5.90. The van der Waals surface area contributed by atoms with Crippen LogP contribution in [0.3, 0.4) is 0 Å². The number of nitrogens with one attached hydrogen (secondary N) is 2. The van der Waals surface area contributed by atoms with Gasteiger partial charge < -0.3 is 15.5 Å². The van der Waals surface area contributed by atoms with Gasteiger partial charge in [0, 0.05) is 37.4 Å². The van der Waals surface area contributed by atoms with Gasteiger partial charge in [0.15, 0.2) is 11.6 Å². The number of rotatable bonds is 4. The molecule has 1 amide bonds. The van der Waals surface area contributed by atoms with Crippen LogP contribution in [-0.4, -0.2) is 52.0 Å². The van der Waals surface area contributed by atoms with Crippen LogP contribution >= 0.6 is 0 Å². The van der Waals surface area contributed by atoms with E-state index >= 15 is 0 Å². The lowest BCUT2D eigenvalue weighted by atomic mass is 10.2. The molecule has 0 unspecified atom stereocenters. The Morgan fingerprint density at radius 3 is 2.56 bits per heavy atom. The summed E-state index contributed by atoms with van der Waals surface area (Å²) in [6.45, 7) is 8.55.